The summed E-state index contributed by atoms with van der Waals surface area (Å²) in [6.45, 7) is 1.45. The van der Waals surface area contributed by atoms with E-state index in [1.165, 1.54) is 38.5 Å². The molecule has 4 rings (SSSR count). The molecule has 0 radical (unpaired) electrons. The van der Waals surface area contributed by atoms with Crippen molar-refractivity contribution in [1.82, 2.24) is 10.3 Å². The van der Waals surface area contributed by atoms with Gasteiger partial charge in [0.15, 0.2) is 22.5 Å². The number of thiazole rings is 1. The molecular weight excluding hydrogens is 464 g/mol. The van der Waals surface area contributed by atoms with Crippen molar-refractivity contribution in [3.63, 3.8) is 0 Å². The lowest BCUT2D eigenvalue weighted by atomic mass is 9.82. The second-order valence-corrected chi connectivity index (χ2v) is 8.82. The number of methoxy groups -OCH3 is 2. The Kier molecular flexibility index (Phi) is 6.87. The number of aromatic nitrogens is 1. The number of esters is 2. The first-order valence-corrected chi connectivity index (χ1v) is 11.5. The van der Waals surface area contributed by atoms with E-state index in [1.807, 2.05) is 0 Å². The van der Waals surface area contributed by atoms with Crippen molar-refractivity contribution in [1.29, 1.82) is 0 Å². The van der Waals surface area contributed by atoms with Gasteiger partial charge in [0.05, 0.1) is 19.8 Å². The summed E-state index contributed by atoms with van der Waals surface area (Å²) in [5.41, 5.74) is 1.79. The zero-order valence-corrected chi connectivity index (χ0v) is 19.7. The minimum atomic E-state index is -0.990. The largest absolute Gasteiger partial charge is 0.466 e. The average Bonchev–Trinajstić information content (AvgIpc) is 3.41. The first-order chi connectivity index (χ1) is 16.3. The fraction of sp³-hybridized carbons (Fsp3) is 0.333. The van der Waals surface area contributed by atoms with Crippen LogP contribution in [0.25, 0.3) is 0 Å². The van der Waals surface area contributed by atoms with Crippen LogP contribution in [0.5, 0.6) is 0 Å². The number of nitrogens with zero attached hydrogens (tertiary/aromatic N) is 2. The molecule has 1 N–H and O–H groups in total. The van der Waals surface area contributed by atoms with Crippen LogP contribution in [0.2, 0.25) is 0 Å². The van der Waals surface area contributed by atoms with E-state index in [2.05, 4.69) is 10.3 Å². The number of ether oxygens (including phenoxy) is 2. The van der Waals surface area contributed by atoms with Crippen molar-refractivity contribution >= 4 is 29.1 Å². The summed E-state index contributed by atoms with van der Waals surface area (Å²) in [4.78, 5) is 34.0. The summed E-state index contributed by atoms with van der Waals surface area (Å²) in [5, 5.41) is 5.64. The third kappa shape index (κ3) is 4.37. The third-order valence-electron chi connectivity index (χ3n) is 6.06. The fourth-order valence-electron chi connectivity index (χ4n) is 4.27. The summed E-state index contributed by atoms with van der Waals surface area (Å²) >= 11 is 1.36. The molecule has 0 saturated carbocycles. The van der Waals surface area contributed by atoms with Crippen molar-refractivity contribution in [2.45, 2.75) is 32.2 Å². The lowest BCUT2D eigenvalue weighted by Crippen LogP contribution is -2.37. The van der Waals surface area contributed by atoms with Gasteiger partial charge in [-0.15, -0.1) is 11.3 Å². The molecule has 1 aliphatic heterocycles. The van der Waals surface area contributed by atoms with E-state index in [4.69, 9.17) is 14.5 Å². The van der Waals surface area contributed by atoms with E-state index < -0.39 is 23.6 Å². The minimum absolute atomic E-state index is 0.0615. The molecule has 0 fully saturated rings. The fourth-order valence-corrected chi connectivity index (χ4v) is 4.86. The lowest BCUT2D eigenvalue weighted by molar-refractivity contribution is -0.137. The molecule has 0 bridgehead atoms. The molecular formula is C24H23F2N3O4S. The van der Waals surface area contributed by atoms with Crippen LogP contribution in [-0.4, -0.2) is 37.0 Å². The van der Waals surface area contributed by atoms with Crippen molar-refractivity contribution in [2.24, 2.45) is 10.9 Å². The van der Waals surface area contributed by atoms with Crippen LogP contribution in [0.15, 0.2) is 51.6 Å². The van der Waals surface area contributed by atoms with Gasteiger partial charge in [-0.3, -0.25) is 4.99 Å². The number of aliphatic imine (C=N–C) groups is 1. The van der Waals surface area contributed by atoms with Crippen LogP contribution in [0.3, 0.4) is 0 Å². The highest BCUT2D eigenvalue weighted by atomic mass is 32.1. The van der Waals surface area contributed by atoms with E-state index in [0.29, 0.717) is 46.9 Å². The normalized spacial score (nSPS) is 20.3. The van der Waals surface area contributed by atoms with Crippen LogP contribution in [0.4, 0.5) is 8.78 Å². The zero-order valence-electron chi connectivity index (χ0n) is 18.9. The summed E-state index contributed by atoms with van der Waals surface area (Å²) in [5.74, 6) is -2.71. The number of amidine groups is 1. The summed E-state index contributed by atoms with van der Waals surface area (Å²) < 4.78 is 38.3. The van der Waals surface area contributed by atoms with Gasteiger partial charge in [0.25, 0.3) is 0 Å². The van der Waals surface area contributed by atoms with Crippen molar-refractivity contribution in [3.05, 3.63) is 74.4 Å². The second kappa shape index (κ2) is 9.84. The van der Waals surface area contributed by atoms with Gasteiger partial charge in [-0.25, -0.2) is 23.4 Å². The number of hydrogen-bond donors (Lipinski definition) is 1. The Hall–Kier alpha value is -3.40. The number of carbonyl (C=O) groups excluding carboxylic acids is 2. The maximum absolute atomic E-state index is 14.5. The highest BCUT2D eigenvalue weighted by Crippen LogP contribution is 2.40. The van der Waals surface area contributed by atoms with Crippen LogP contribution >= 0.6 is 11.3 Å². The van der Waals surface area contributed by atoms with Gasteiger partial charge in [0.1, 0.15) is 6.04 Å². The SMILES string of the molecule is COC(=O)C1=CC[C@H](C2=C(C(=O)OC)C(c3ccc(F)c(F)c3C)N=C(c3nccs3)N2)CC1. The molecule has 0 saturated heterocycles. The first kappa shape index (κ1) is 23.7. The van der Waals surface area contributed by atoms with Crippen molar-refractivity contribution in [2.75, 3.05) is 14.2 Å². The molecule has 7 nitrogen and oxygen atoms in total. The minimum Gasteiger partial charge on any atom is -0.466 e. The van der Waals surface area contributed by atoms with Gasteiger partial charge in [0.2, 0.25) is 0 Å². The van der Waals surface area contributed by atoms with Crippen LogP contribution < -0.4 is 5.32 Å². The third-order valence-corrected chi connectivity index (χ3v) is 6.84. The molecule has 2 atom stereocenters. The highest BCUT2D eigenvalue weighted by Gasteiger charge is 2.37. The van der Waals surface area contributed by atoms with Crippen LogP contribution in [0, 0.1) is 24.5 Å². The Bertz CT molecular complexity index is 1220. The molecule has 34 heavy (non-hydrogen) atoms. The van der Waals surface area contributed by atoms with E-state index in [9.17, 15) is 18.4 Å². The molecule has 2 aromatic rings. The maximum Gasteiger partial charge on any atom is 0.338 e. The molecule has 0 amide bonds. The predicted octanol–water partition coefficient (Wildman–Crippen LogP) is 4.15. The predicted molar refractivity (Wildman–Crippen MR) is 122 cm³/mol. The standard InChI is InChI=1S/C24H23F2N3O4S/c1-12-15(8-9-16(25)18(12)26)20-17(24(31)33-3)19(28-21(29-20)22-27-10-11-34-22)13-4-6-14(7-5-13)23(30)32-2/h6,8-11,13,20H,4-5,7H2,1-3H3,(H,28,29)/t13-,20?/m0/s1. The van der Waals surface area contributed by atoms with Gasteiger partial charge in [-0.1, -0.05) is 12.1 Å². The van der Waals surface area contributed by atoms with Gasteiger partial charge in [-0.05, 0) is 43.4 Å². The summed E-state index contributed by atoms with van der Waals surface area (Å²) in [6, 6.07) is 1.53. The van der Waals surface area contributed by atoms with E-state index >= 15 is 0 Å². The number of hydrogen-bond acceptors (Lipinski definition) is 8. The Morgan fingerprint density at radius 1 is 1.18 bits per heavy atom. The molecule has 2 aliphatic rings. The van der Waals surface area contributed by atoms with Gasteiger partial charge < -0.3 is 14.8 Å². The quantitative estimate of drug-likeness (QED) is 0.638. The topological polar surface area (TPSA) is 89.9 Å². The van der Waals surface area contributed by atoms with E-state index in [1.54, 1.807) is 17.7 Å². The van der Waals surface area contributed by atoms with Gasteiger partial charge in [-0.2, -0.15) is 0 Å². The number of halogens is 2. The molecule has 178 valence electrons. The molecule has 1 aromatic carbocycles. The Morgan fingerprint density at radius 3 is 2.56 bits per heavy atom. The number of nitrogens with one attached hydrogen (secondary N) is 1. The Labute approximate surface area is 199 Å². The smallest absolute Gasteiger partial charge is 0.338 e. The highest BCUT2D eigenvalue weighted by molar-refractivity contribution is 7.11. The molecule has 1 aromatic heterocycles. The number of allylic oxidation sites excluding steroid dienone is 2. The number of benzene rings is 1. The molecule has 1 aliphatic carbocycles. The van der Waals surface area contributed by atoms with E-state index in [0.717, 1.165) is 6.07 Å². The molecule has 2 heterocycles. The van der Waals surface area contributed by atoms with Gasteiger partial charge in [0, 0.05) is 28.8 Å². The lowest BCUT2D eigenvalue weighted by Gasteiger charge is -2.32. The zero-order chi connectivity index (χ0) is 24.4. The maximum atomic E-state index is 14.5. The van der Waals surface area contributed by atoms with Crippen molar-refractivity contribution < 1.29 is 27.8 Å². The number of carbonyl (C=O) groups is 2. The first-order valence-electron chi connectivity index (χ1n) is 10.6. The molecule has 10 heteroatoms. The van der Waals surface area contributed by atoms with Crippen molar-refractivity contribution in [3.8, 4) is 0 Å². The second-order valence-electron chi connectivity index (χ2n) is 7.93. The molecule has 1 unspecified atom stereocenters. The van der Waals surface area contributed by atoms with Crippen LogP contribution in [0.1, 0.15) is 41.4 Å². The number of rotatable bonds is 5. The van der Waals surface area contributed by atoms with E-state index in [-0.39, 0.29) is 23.0 Å². The van der Waals surface area contributed by atoms with Gasteiger partial charge >= 0.3 is 11.9 Å². The Balaban J connectivity index is 1.86. The monoisotopic (exact) mass is 487 g/mol. The summed E-state index contributed by atoms with van der Waals surface area (Å²) in [7, 11) is 2.60. The molecule has 0 spiro atoms. The average molecular weight is 488 g/mol. The Morgan fingerprint density at radius 2 is 1.94 bits per heavy atom. The van der Waals surface area contributed by atoms with Crippen LogP contribution in [-0.2, 0) is 19.1 Å². The summed E-state index contributed by atoms with van der Waals surface area (Å²) in [6.07, 6.45) is 4.94.